The predicted octanol–water partition coefficient (Wildman–Crippen LogP) is 2.39. The maximum absolute atomic E-state index is 12.6. The van der Waals surface area contributed by atoms with Gasteiger partial charge in [-0.2, -0.15) is 5.10 Å². The second-order valence-electron chi connectivity index (χ2n) is 4.82. The molecule has 2 N–H and O–H groups in total. The molecular weight excluding hydrogens is 238 g/mol. The van der Waals surface area contributed by atoms with Crippen molar-refractivity contribution in [1.82, 2.24) is 9.78 Å². The van der Waals surface area contributed by atoms with Gasteiger partial charge in [-0.15, -0.1) is 0 Å². The van der Waals surface area contributed by atoms with Gasteiger partial charge in [0, 0.05) is 18.8 Å². The Morgan fingerprint density at radius 3 is 2.53 bits per heavy atom. The van der Waals surface area contributed by atoms with Gasteiger partial charge in [0.25, 0.3) is 0 Å². The molecule has 0 aliphatic heterocycles. The van der Waals surface area contributed by atoms with Crippen LogP contribution in [0.5, 0.6) is 0 Å². The van der Waals surface area contributed by atoms with E-state index in [0.29, 0.717) is 12.2 Å². The lowest BCUT2D eigenvalue weighted by Crippen LogP contribution is -2.24. The van der Waals surface area contributed by atoms with Crippen LogP contribution in [0.3, 0.4) is 0 Å². The number of nitrogens with zero attached hydrogens (tertiary/aromatic N) is 2. The fourth-order valence-corrected chi connectivity index (χ4v) is 2.18. The fraction of sp³-hybridized carbons (Fsp3) is 0.333. The highest BCUT2D eigenvalue weighted by molar-refractivity contribution is 5.99. The topological polar surface area (TPSA) is 60.9 Å². The molecule has 0 spiro atoms. The molecule has 0 saturated carbocycles. The fourth-order valence-electron chi connectivity index (χ4n) is 2.18. The number of benzene rings is 1. The van der Waals surface area contributed by atoms with Crippen LogP contribution in [0.1, 0.15) is 41.9 Å². The Bertz CT molecular complexity index is 546. The minimum Gasteiger partial charge on any atom is -0.329 e. The molecule has 19 heavy (non-hydrogen) atoms. The van der Waals surface area contributed by atoms with Crippen LogP contribution in [-0.4, -0.2) is 22.1 Å². The third-order valence-electron chi connectivity index (χ3n) is 3.17. The highest BCUT2D eigenvalue weighted by Crippen LogP contribution is 2.21. The van der Waals surface area contributed by atoms with Gasteiger partial charge >= 0.3 is 0 Å². The molecule has 0 aliphatic rings. The van der Waals surface area contributed by atoms with Crippen LogP contribution >= 0.6 is 0 Å². The number of rotatable bonds is 5. The van der Waals surface area contributed by atoms with E-state index in [9.17, 15) is 4.79 Å². The van der Waals surface area contributed by atoms with Crippen LogP contribution in [-0.2, 0) is 0 Å². The summed E-state index contributed by atoms with van der Waals surface area (Å²) in [4.78, 5) is 12.6. The van der Waals surface area contributed by atoms with Crippen LogP contribution in [0.25, 0.3) is 0 Å². The molecule has 2 rings (SSSR count). The number of carbonyl (C=O) groups excluding carboxylic acids is 1. The standard InChI is InChI=1S/C15H19N3O/c1-11(2)18-14(8-9-17-18)15(19)13(10-16)12-6-4-3-5-7-12/h3-9,11,13H,10,16H2,1-2H3. The Labute approximate surface area is 113 Å². The van der Waals surface area contributed by atoms with E-state index in [2.05, 4.69) is 5.10 Å². The van der Waals surface area contributed by atoms with Crippen molar-refractivity contribution in [3.63, 3.8) is 0 Å². The number of nitrogens with two attached hydrogens (primary N) is 1. The monoisotopic (exact) mass is 257 g/mol. The minimum absolute atomic E-state index is 0.0277. The van der Waals surface area contributed by atoms with Gasteiger partial charge < -0.3 is 5.73 Å². The van der Waals surface area contributed by atoms with E-state index in [1.165, 1.54) is 0 Å². The second-order valence-corrected chi connectivity index (χ2v) is 4.82. The Morgan fingerprint density at radius 1 is 1.26 bits per heavy atom. The highest BCUT2D eigenvalue weighted by Gasteiger charge is 2.24. The van der Waals surface area contributed by atoms with E-state index in [1.54, 1.807) is 16.9 Å². The van der Waals surface area contributed by atoms with Gasteiger partial charge in [-0.05, 0) is 25.5 Å². The zero-order chi connectivity index (χ0) is 13.8. The van der Waals surface area contributed by atoms with E-state index in [0.717, 1.165) is 5.56 Å². The Morgan fingerprint density at radius 2 is 1.95 bits per heavy atom. The number of carbonyl (C=O) groups is 1. The molecule has 0 radical (unpaired) electrons. The first-order valence-electron chi connectivity index (χ1n) is 6.48. The quantitative estimate of drug-likeness (QED) is 0.837. The normalized spacial score (nSPS) is 12.6. The molecule has 0 bridgehead atoms. The molecule has 100 valence electrons. The van der Waals surface area contributed by atoms with E-state index < -0.39 is 0 Å². The van der Waals surface area contributed by atoms with Crippen molar-refractivity contribution in [2.45, 2.75) is 25.8 Å². The number of aromatic nitrogens is 2. The van der Waals surface area contributed by atoms with Crippen LogP contribution < -0.4 is 5.73 Å². The summed E-state index contributed by atoms with van der Waals surface area (Å²) in [5.41, 5.74) is 7.36. The summed E-state index contributed by atoms with van der Waals surface area (Å²) in [6.07, 6.45) is 1.66. The number of hydrogen-bond donors (Lipinski definition) is 1. The van der Waals surface area contributed by atoms with Gasteiger partial charge in [-0.1, -0.05) is 30.3 Å². The van der Waals surface area contributed by atoms with Crippen molar-refractivity contribution in [2.24, 2.45) is 5.73 Å². The van der Waals surface area contributed by atoms with Crippen LogP contribution in [0, 0.1) is 0 Å². The van der Waals surface area contributed by atoms with Crippen molar-refractivity contribution in [3.8, 4) is 0 Å². The van der Waals surface area contributed by atoms with Crippen LogP contribution in [0.2, 0.25) is 0 Å². The molecule has 1 unspecified atom stereocenters. The molecule has 0 saturated heterocycles. The van der Waals surface area contributed by atoms with E-state index in [4.69, 9.17) is 5.73 Å². The molecule has 0 fully saturated rings. The third kappa shape index (κ3) is 2.74. The SMILES string of the molecule is CC(C)n1nccc1C(=O)C(CN)c1ccccc1. The molecular formula is C15H19N3O. The maximum Gasteiger partial charge on any atom is 0.189 e. The van der Waals surface area contributed by atoms with Crippen LogP contribution in [0.4, 0.5) is 0 Å². The van der Waals surface area contributed by atoms with Gasteiger partial charge in [0.2, 0.25) is 0 Å². The van der Waals surface area contributed by atoms with E-state index in [-0.39, 0.29) is 17.7 Å². The lowest BCUT2D eigenvalue weighted by molar-refractivity contribution is 0.0950. The molecule has 0 amide bonds. The summed E-state index contributed by atoms with van der Waals surface area (Å²) in [6, 6.07) is 11.6. The maximum atomic E-state index is 12.6. The first-order chi connectivity index (χ1) is 9.15. The van der Waals surface area contributed by atoms with Gasteiger partial charge in [-0.3, -0.25) is 9.48 Å². The second kappa shape index (κ2) is 5.80. The first kappa shape index (κ1) is 13.5. The summed E-state index contributed by atoms with van der Waals surface area (Å²) in [5, 5.41) is 4.20. The largest absolute Gasteiger partial charge is 0.329 e. The Kier molecular flexibility index (Phi) is 4.12. The number of hydrogen-bond acceptors (Lipinski definition) is 3. The molecule has 1 aromatic heterocycles. The van der Waals surface area contributed by atoms with Crippen molar-refractivity contribution in [3.05, 3.63) is 53.9 Å². The molecule has 1 atom stereocenters. The molecule has 1 heterocycles. The summed E-state index contributed by atoms with van der Waals surface area (Å²) in [6.45, 7) is 4.31. The molecule has 2 aromatic rings. The van der Waals surface area contributed by atoms with Gasteiger partial charge in [0.1, 0.15) is 5.69 Å². The van der Waals surface area contributed by atoms with E-state index in [1.807, 2.05) is 44.2 Å². The van der Waals surface area contributed by atoms with Gasteiger partial charge in [-0.25, -0.2) is 0 Å². The zero-order valence-corrected chi connectivity index (χ0v) is 11.3. The highest BCUT2D eigenvalue weighted by atomic mass is 16.1. The van der Waals surface area contributed by atoms with Crippen molar-refractivity contribution in [2.75, 3.05) is 6.54 Å². The third-order valence-corrected chi connectivity index (χ3v) is 3.17. The molecule has 0 aliphatic carbocycles. The van der Waals surface area contributed by atoms with Crippen LogP contribution in [0.15, 0.2) is 42.6 Å². The Balaban J connectivity index is 2.34. The van der Waals surface area contributed by atoms with E-state index >= 15 is 0 Å². The zero-order valence-electron chi connectivity index (χ0n) is 11.3. The molecule has 4 nitrogen and oxygen atoms in total. The average molecular weight is 257 g/mol. The Hall–Kier alpha value is -1.94. The number of ketones is 1. The van der Waals surface area contributed by atoms with Crippen molar-refractivity contribution < 1.29 is 4.79 Å². The lowest BCUT2D eigenvalue weighted by Gasteiger charge is -2.16. The first-order valence-corrected chi connectivity index (χ1v) is 6.48. The summed E-state index contributed by atoms with van der Waals surface area (Å²) < 4.78 is 1.74. The number of Topliss-reactive ketones (excluding diaryl/α,β-unsaturated/α-hetero) is 1. The summed E-state index contributed by atoms with van der Waals surface area (Å²) >= 11 is 0. The summed E-state index contributed by atoms with van der Waals surface area (Å²) in [7, 11) is 0. The van der Waals surface area contributed by atoms with Crippen molar-refractivity contribution >= 4 is 5.78 Å². The lowest BCUT2D eigenvalue weighted by atomic mass is 9.93. The van der Waals surface area contributed by atoms with Crippen molar-refractivity contribution in [1.29, 1.82) is 0 Å². The smallest absolute Gasteiger partial charge is 0.189 e. The summed E-state index contributed by atoms with van der Waals surface area (Å²) in [5.74, 6) is -0.282. The predicted molar refractivity (Wildman–Crippen MR) is 75.2 cm³/mol. The molecule has 1 aromatic carbocycles. The van der Waals surface area contributed by atoms with Gasteiger partial charge in [0.05, 0.1) is 5.92 Å². The molecule has 4 heteroatoms. The minimum atomic E-state index is -0.310. The van der Waals surface area contributed by atoms with Gasteiger partial charge in [0.15, 0.2) is 5.78 Å². The average Bonchev–Trinajstić information content (AvgIpc) is 2.90.